The number of likely N-dealkylation sites (tertiary alicyclic amines) is 1. The highest BCUT2D eigenvalue weighted by molar-refractivity contribution is 6.35. The first-order chi connectivity index (χ1) is 21.5. The molecule has 7 rings (SSSR count). The van der Waals surface area contributed by atoms with Crippen molar-refractivity contribution in [1.29, 1.82) is 0 Å². The molecule has 1 amide bonds. The number of carbonyl (C=O) groups excluding carboxylic acids is 1. The van der Waals surface area contributed by atoms with E-state index < -0.39 is 0 Å². The van der Waals surface area contributed by atoms with Crippen LogP contribution in [0.1, 0.15) is 59.0 Å². The molecule has 2 atom stereocenters. The SMILES string of the molecule is C[C@@H](Nc1ncnc2cc(C(=O)N3CCC[C@H]3C(c3ccccc3)c3ccccc3)c(Cl)cc12)c1nc2ccc(Cl)cc2[nH]1. The van der Waals surface area contributed by atoms with Crippen molar-refractivity contribution in [2.75, 3.05) is 11.9 Å². The van der Waals surface area contributed by atoms with E-state index in [0.29, 0.717) is 33.5 Å². The zero-order chi connectivity index (χ0) is 30.2. The van der Waals surface area contributed by atoms with Gasteiger partial charge in [0.15, 0.2) is 0 Å². The van der Waals surface area contributed by atoms with E-state index >= 15 is 0 Å². The standard InChI is InChI=1S/C35H30Cl2N6O/c1-21(33-41-28-15-14-24(36)17-30(28)42-33)40-34-26-18-27(37)25(19-29(26)38-20-39-34)35(44)43-16-8-13-31(43)32(22-9-4-2-5-10-22)23-11-6-3-7-12-23/h2-7,9-12,14-15,17-21,31-32H,8,13,16H2,1H3,(H,41,42)(H,38,39,40)/t21-,31+/m1/s1. The van der Waals surface area contributed by atoms with E-state index in [-0.39, 0.29) is 23.9 Å². The Balaban J connectivity index is 1.19. The summed E-state index contributed by atoms with van der Waals surface area (Å²) in [5.41, 5.74) is 5.16. The molecular weight excluding hydrogens is 591 g/mol. The van der Waals surface area contributed by atoms with Crippen molar-refractivity contribution < 1.29 is 4.79 Å². The fourth-order valence-corrected chi connectivity index (χ4v) is 6.76. The van der Waals surface area contributed by atoms with Gasteiger partial charge in [-0.15, -0.1) is 0 Å². The van der Waals surface area contributed by atoms with Gasteiger partial charge in [0.05, 0.1) is 33.2 Å². The Morgan fingerprint density at radius 2 is 1.66 bits per heavy atom. The maximum Gasteiger partial charge on any atom is 0.255 e. The van der Waals surface area contributed by atoms with Crippen LogP contribution in [-0.4, -0.2) is 43.3 Å². The monoisotopic (exact) mass is 620 g/mol. The number of aromatic amines is 1. The van der Waals surface area contributed by atoms with Crippen LogP contribution >= 0.6 is 23.2 Å². The van der Waals surface area contributed by atoms with E-state index in [2.05, 4.69) is 68.8 Å². The van der Waals surface area contributed by atoms with Crippen LogP contribution in [0.15, 0.2) is 97.3 Å². The van der Waals surface area contributed by atoms with E-state index in [0.717, 1.165) is 35.1 Å². The molecule has 4 aromatic carbocycles. The summed E-state index contributed by atoms with van der Waals surface area (Å²) >= 11 is 13.0. The molecule has 1 fully saturated rings. The molecule has 44 heavy (non-hydrogen) atoms. The number of aromatic nitrogens is 4. The van der Waals surface area contributed by atoms with Crippen molar-refractivity contribution in [2.24, 2.45) is 0 Å². The number of nitrogens with one attached hydrogen (secondary N) is 2. The van der Waals surface area contributed by atoms with Gasteiger partial charge in [0.2, 0.25) is 0 Å². The quantitative estimate of drug-likeness (QED) is 0.187. The summed E-state index contributed by atoms with van der Waals surface area (Å²) in [4.78, 5) is 33.2. The first kappa shape index (κ1) is 28.3. The van der Waals surface area contributed by atoms with Crippen LogP contribution in [0.25, 0.3) is 21.9 Å². The number of nitrogens with zero attached hydrogens (tertiary/aromatic N) is 4. The number of halogens is 2. The molecule has 0 aliphatic carbocycles. The molecule has 1 aliphatic heterocycles. The summed E-state index contributed by atoms with van der Waals surface area (Å²) in [6.07, 6.45) is 3.34. The van der Waals surface area contributed by atoms with Crippen molar-refractivity contribution in [3.8, 4) is 0 Å². The van der Waals surface area contributed by atoms with Crippen LogP contribution in [0.4, 0.5) is 5.82 Å². The highest BCUT2D eigenvalue weighted by Gasteiger charge is 2.37. The topological polar surface area (TPSA) is 86.8 Å². The number of anilines is 1. The molecule has 0 bridgehead atoms. The van der Waals surface area contributed by atoms with E-state index in [1.165, 1.54) is 17.5 Å². The van der Waals surface area contributed by atoms with Crippen molar-refractivity contribution >= 4 is 56.9 Å². The molecule has 9 heteroatoms. The van der Waals surface area contributed by atoms with Crippen LogP contribution < -0.4 is 5.32 Å². The minimum absolute atomic E-state index is 0.00114. The molecule has 7 nitrogen and oxygen atoms in total. The van der Waals surface area contributed by atoms with Gasteiger partial charge in [-0.2, -0.15) is 0 Å². The molecule has 0 saturated carbocycles. The molecule has 3 heterocycles. The second kappa shape index (κ2) is 11.9. The molecule has 0 spiro atoms. The van der Waals surface area contributed by atoms with Crippen molar-refractivity contribution in [1.82, 2.24) is 24.8 Å². The second-order valence-corrected chi connectivity index (χ2v) is 12.1. The van der Waals surface area contributed by atoms with Gasteiger partial charge in [0.25, 0.3) is 5.91 Å². The van der Waals surface area contributed by atoms with E-state index in [1.54, 1.807) is 12.1 Å². The second-order valence-electron chi connectivity index (χ2n) is 11.2. The Bertz CT molecular complexity index is 1920. The Morgan fingerprint density at radius 3 is 2.39 bits per heavy atom. The number of rotatable bonds is 7. The highest BCUT2D eigenvalue weighted by Crippen LogP contribution is 2.38. The lowest BCUT2D eigenvalue weighted by molar-refractivity contribution is 0.0725. The van der Waals surface area contributed by atoms with Gasteiger partial charge in [-0.25, -0.2) is 15.0 Å². The number of fused-ring (bicyclic) bond motifs is 2. The Labute approximate surface area is 265 Å². The molecule has 1 aliphatic rings. The van der Waals surface area contributed by atoms with Gasteiger partial charge in [-0.1, -0.05) is 83.9 Å². The Hall–Kier alpha value is -4.46. The van der Waals surface area contributed by atoms with Crippen LogP contribution in [0, 0.1) is 0 Å². The third-order valence-corrected chi connectivity index (χ3v) is 8.99. The number of carbonyl (C=O) groups is 1. The van der Waals surface area contributed by atoms with Crippen LogP contribution in [0.2, 0.25) is 10.0 Å². The fourth-order valence-electron chi connectivity index (χ4n) is 6.34. The number of hydrogen-bond donors (Lipinski definition) is 2. The third-order valence-electron chi connectivity index (χ3n) is 8.44. The van der Waals surface area contributed by atoms with E-state index in [4.69, 9.17) is 28.2 Å². The predicted molar refractivity (Wildman–Crippen MR) is 176 cm³/mol. The largest absolute Gasteiger partial charge is 0.360 e. The Morgan fingerprint density at radius 1 is 0.932 bits per heavy atom. The molecule has 6 aromatic rings. The summed E-state index contributed by atoms with van der Waals surface area (Å²) in [6, 6.07) is 29.8. The van der Waals surface area contributed by atoms with E-state index in [9.17, 15) is 4.79 Å². The maximum atomic E-state index is 14.2. The highest BCUT2D eigenvalue weighted by atomic mass is 35.5. The zero-order valence-electron chi connectivity index (χ0n) is 24.0. The minimum Gasteiger partial charge on any atom is -0.360 e. The van der Waals surface area contributed by atoms with Gasteiger partial charge in [0, 0.05) is 28.9 Å². The normalized spacial score (nSPS) is 15.7. The van der Waals surface area contributed by atoms with Crippen molar-refractivity contribution in [2.45, 2.75) is 37.8 Å². The summed E-state index contributed by atoms with van der Waals surface area (Å²) < 4.78 is 0. The minimum atomic E-state index is -0.197. The molecule has 0 unspecified atom stereocenters. The lowest BCUT2D eigenvalue weighted by atomic mass is 9.83. The average Bonchev–Trinajstić information content (AvgIpc) is 3.69. The van der Waals surface area contributed by atoms with Crippen LogP contribution in [-0.2, 0) is 0 Å². The van der Waals surface area contributed by atoms with E-state index in [1.807, 2.05) is 42.2 Å². The summed E-state index contributed by atoms with van der Waals surface area (Å²) in [5.74, 6) is 1.32. The lowest BCUT2D eigenvalue weighted by Crippen LogP contribution is -2.39. The van der Waals surface area contributed by atoms with Crippen molar-refractivity contribution in [3.05, 3.63) is 130 Å². The summed E-state index contributed by atoms with van der Waals surface area (Å²) in [7, 11) is 0. The number of benzene rings is 4. The first-order valence-electron chi connectivity index (χ1n) is 14.7. The summed E-state index contributed by atoms with van der Waals surface area (Å²) in [6.45, 7) is 2.67. The molecule has 1 saturated heterocycles. The average molecular weight is 622 g/mol. The molecule has 2 aromatic heterocycles. The molecule has 0 radical (unpaired) electrons. The smallest absolute Gasteiger partial charge is 0.255 e. The van der Waals surface area contributed by atoms with Crippen LogP contribution in [0.3, 0.4) is 0 Å². The fraction of sp³-hybridized carbons (Fsp3) is 0.200. The number of imidazole rings is 1. The van der Waals surface area contributed by atoms with Gasteiger partial charge in [-0.05, 0) is 61.2 Å². The summed E-state index contributed by atoms with van der Waals surface area (Å²) in [5, 5.41) is 5.17. The molecule has 2 N–H and O–H groups in total. The van der Waals surface area contributed by atoms with Gasteiger partial charge in [0.1, 0.15) is 18.0 Å². The van der Waals surface area contributed by atoms with Gasteiger partial charge < -0.3 is 15.2 Å². The maximum absolute atomic E-state index is 14.2. The lowest BCUT2D eigenvalue weighted by Gasteiger charge is -2.33. The predicted octanol–water partition coefficient (Wildman–Crippen LogP) is 8.42. The third kappa shape index (κ3) is 5.38. The zero-order valence-corrected chi connectivity index (χ0v) is 25.6. The molecular formula is C35H30Cl2N6O. The van der Waals surface area contributed by atoms with Gasteiger partial charge in [-0.3, -0.25) is 4.79 Å². The number of hydrogen-bond acceptors (Lipinski definition) is 5. The van der Waals surface area contributed by atoms with Gasteiger partial charge >= 0.3 is 0 Å². The van der Waals surface area contributed by atoms with Crippen LogP contribution in [0.5, 0.6) is 0 Å². The molecule has 220 valence electrons. The Kier molecular flexibility index (Phi) is 7.66. The number of amides is 1. The first-order valence-corrected chi connectivity index (χ1v) is 15.5. The van der Waals surface area contributed by atoms with Crippen molar-refractivity contribution in [3.63, 3.8) is 0 Å². The number of H-pyrrole nitrogens is 1.